The number of ether oxygens (including phenoxy) is 2. The van der Waals surface area contributed by atoms with E-state index in [2.05, 4.69) is 24.7 Å². The van der Waals surface area contributed by atoms with Crippen molar-refractivity contribution in [3.05, 3.63) is 95.3 Å². The Morgan fingerprint density at radius 1 is 1.05 bits per heavy atom. The van der Waals surface area contributed by atoms with Gasteiger partial charge in [0.05, 0.1) is 6.61 Å². The number of nitrogens with zero attached hydrogens (tertiary/aromatic N) is 1. The van der Waals surface area contributed by atoms with Gasteiger partial charge in [-0.25, -0.2) is 0 Å². The molecule has 1 atom stereocenters. The van der Waals surface area contributed by atoms with Crippen LogP contribution in [0.25, 0.3) is 0 Å². The van der Waals surface area contributed by atoms with Crippen molar-refractivity contribution in [1.82, 2.24) is 4.90 Å². The number of hydrogen-bond donors (Lipinski definition) is 2. The molecule has 1 fully saturated rings. The number of phenolic OH excluding ortho intramolecular Hbond substituents is 1. The van der Waals surface area contributed by atoms with Gasteiger partial charge in [0, 0.05) is 30.2 Å². The summed E-state index contributed by atoms with van der Waals surface area (Å²) in [6.07, 6.45) is 16.9. The number of rotatable bonds is 5. The van der Waals surface area contributed by atoms with Gasteiger partial charge in [-0.3, -0.25) is 4.90 Å². The first-order valence-corrected chi connectivity index (χ1v) is 13.7. The molecular formula is C31H39NO4S. The lowest BCUT2D eigenvalue weighted by atomic mass is 10.1. The molecule has 0 aromatic heterocycles. The number of aliphatic hydroxyl groups excluding tert-OH is 1. The van der Waals surface area contributed by atoms with Gasteiger partial charge in [0.15, 0.2) is 0 Å². The normalized spacial score (nSPS) is 18.1. The van der Waals surface area contributed by atoms with Crippen LogP contribution in [0.1, 0.15) is 26.2 Å². The van der Waals surface area contributed by atoms with E-state index in [0.717, 1.165) is 54.3 Å². The largest absolute Gasteiger partial charge is 0.508 e. The van der Waals surface area contributed by atoms with Crippen LogP contribution >= 0.6 is 11.8 Å². The highest BCUT2D eigenvalue weighted by Gasteiger charge is 2.20. The zero-order valence-corrected chi connectivity index (χ0v) is 22.5. The van der Waals surface area contributed by atoms with Gasteiger partial charge in [-0.1, -0.05) is 55.8 Å². The van der Waals surface area contributed by atoms with Crippen molar-refractivity contribution in [2.24, 2.45) is 5.92 Å². The molecule has 1 saturated heterocycles. The summed E-state index contributed by atoms with van der Waals surface area (Å²) in [7, 11) is 0. The number of hydrogen-bond acceptors (Lipinski definition) is 6. The SMILES string of the molecule is C#C.CCC1CCN(CCOc2ccccc2)C1.OC1=CC2=C(CC=C1)OCCS2.Oc1ccccc1. The van der Waals surface area contributed by atoms with Gasteiger partial charge < -0.3 is 19.7 Å². The second-order valence-electron chi connectivity index (χ2n) is 8.52. The average Bonchev–Trinajstić information content (AvgIpc) is 3.32. The molecule has 0 bridgehead atoms. The van der Waals surface area contributed by atoms with Crippen molar-refractivity contribution in [3.8, 4) is 24.3 Å². The van der Waals surface area contributed by atoms with Gasteiger partial charge in [-0.15, -0.1) is 24.6 Å². The first-order chi connectivity index (χ1) is 18.1. The lowest BCUT2D eigenvalue weighted by Gasteiger charge is -2.17. The van der Waals surface area contributed by atoms with Crippen LogP contribution in [-0.2, 0) is 4.74 Å². The zero-order valence-electron chi connectivity index (χ0n) is 21.7. The third-order valence-electron chi connectivity index (χ3n) is 5.89. The number of likely N-dealkylation sites (tertiary alicyclic amines) is 1. The molecule has 37 heavy (non-hydrogen) atoms. The predicted octanol–water partition coefficient (Wildman–Crippen LogP) is 6.80. The Kier molecular flexibility index (Phi) is 14.6. The maximum absolute atomic E-state index is 9.30. The Hall–Kier alpha value is -3.27. The van der Waals surface area contributed by atoms with E-state index in [1.165, 1.54) is 25.9 Å². The van der Waals surface area contributed by atoms with Crippen LogP contribution in [0.5, 0.6) is 11.5 Å². The number of aromatic hydroxyl groups is 1. The van der Waals surface area contributed by atoms with Crippen LogP contribution in [0.3, 0.4) is 0 Å². The Balaban J connectivity index is 0.000000202. The highest BCUT2D eigenvalue weighted by Crippen LogP contribution is 2.31. The van der Waals surface area contributed by atoms with Crippen LogP contribution in [0.4, 0.5) is 0 Å². The molecule has 1 unspecified atom stereocenters. The molecule has 2 aromatic carbocycles. The number of para-hydroxylation sites is 2. The minimum absolute atomic E-state index is 0.318. The Bertz CT molecular complexity index is 1000. The summed E-state index contributed by atoms with van der Waals surface area (Å²) in [5.74, 6) is 4.50. The number of thioether (sulfide) groups is 1. The topological polar surface area (TPSA) is 62.2 Å². The van der Waals surface area contributed by atoms with Crippen molar-refractivity contribution >= 4 is 11.8 Å². The number of terminal acetylenes is 1. The molecule has 198 valence electrons. The summed E-state index contributed by atoms with van der Waals surface area (Å²) >= 11 is 1.74. The first-order valence-electron chi connectivity index (χ1n) is 12.7. The molecule has 5 rings (SSSR count). The fraction of sp³-hybridized carbons (Fsp3) is 0.355. The predicted molar refractivity (Wildman–Crippen MR) is 155 cm³/mol. The molecule has 2 N–H and O–H groups in total. The maximum Gasteiger partial charge on any atom is 0.119 e. The third kappa shape index (κ3) is 12.0. The van der Waals surface area contributed by atoms with Gasteiger partial charge in [0.2, 0.25) is 0 Å². The van der Waals surface area contributed by atoms with Crippen molar-refractivity contribution in [3.63, 3.8) is 0 Å². The van der Waals surface area contributed by atoms with Gasteiger partial charge >= 0.3 is 0 Å². The van der Waals surface area contributed by atoms with Crippen LogP contribution in [0.15, 0.2) is 95.3 Å². The van der Waals surface area contributed by atoms with Crippen LogP contribution in [0, 0.1) is 18.8 Å². The smallest absolute Gasteiger partial charge is 0.119 e. The van der Waals surface area contributed by atoms with E-state index < -0.39 is 0 Å². The fourth-order valence-electron chi connectivity index (χ4n) is 3.91. The summed E-state index contributed by atoms with van der Waals surface area (Å²) in [6.45, 7) is 7.44. The van der Waals surface area contributed by atoms with E-state index in [9.17, 15) is 5.11 Å². The lowest BCUT2D eigenvalue weighted by Crippen LogP contribution is -2.26. The summed E-state index contributed by atoms with van der Waals surface area (Å²) in [5.41, 5.74) is 0. The summed E-state index contributed by atoms with van der Waals surface area (Å²) in [4.78, 5) is 3.58. The number of aliphatic hydroxyl groups is 1. The monoisotopic (exact) mass is 521 g/mol. The highest BCUT2D eigenvalue weighted by molar-refractivity contribution is 8.03. The number of benzene rings is 2. The van der Waals surface area contributed by atoms with E-state index >= 15 is 0 Å². The molecule has 1 aliphatic carbocycles. The molecule has 2 aliphatic heterocycles. The highest BCUT2D eigenvalue weighted by atomic mass is 32.2. The zero-order chi connectivity index (χ0) is 26.7. The minimum atomic E-state index is 0.318. The Labute approximate surface area is 226 Å². The van der Waals surface area contributed by atoms with E-state index in [4.69, 9.17) is 14.6 Å². The molecule has 2 heterocycles. The molecule has 2 aromatic rings. The van der Waals surface area contributed by atoms with Gasteiger partial charge in [0.1, 0.15) is 29.6 Å². The van der Waals surface area contributed by atoms with E-state index in [1.807, 2.05) is 42.5 Å². The lowest BCUT2D eigenvalue weighted by molar-refractivity contribution is 0.223. The van der Waals surface area contributed by atoms with Crippen molar-refractivity contribution in [1.29, 1.82) is 0 Å². The van der Waals surface area contributed by atoms with Crippen LogP contribution in [0.2, 0.25) is 0 Å². The fourth-order valence-corrected chi connectivity index (χ4v) is 4.80. The van der Waals surface area contributed by atoms with E-state index in [1.54, 1.807) is 48.2 Å². The molecule has 0 amide bonds. The summed E-state index contributed by atoms with van der Waals surface area (Å²) in [6, 6.07) is 18.8. The van der Waals surface area contributed by atoms with Gasteiger partial charge in [0.25, 0.3) is 0 Å². The van der Waals surface area contributed by atoms with Crippen molar-refractivity contribution in [2.75, 3.05) is 38.6 Å². The molecule has 0 saturated carbocycles. The van der Waals surface area contributed by atoms with E-state index in [0.29, 0.717) is 11.5 Å². The van der Waals surface area contributed by atoms with Gasteiger partial charge in [-0.2, -0.15) is 0 Å². The van der Waals surface area contributed by atoms with Crippen LogP contribution in [-0.4, -0.2) is 53.7 Å². The van der Waals surface area contributed by atoms with Gasteiger partial charge in [-0.05, 0) is 55.3 Å². The molecule has 6 heteroatoms. The quantitative estimate of drug-likeness (QED) is 0.422. The van der Waals surface area contributed by atoms with Crippen molar-refractivity contribution in [2.45, 2.75) is 26.2 Å². The third-order valence-corrected chi connectivity index (χ3v) is 6.91. The van der Waals surface area contributed by atoms with Crippen LogP contribution < -0.4 is 4.74 Å². The number of phenols is 1. The molecule has 5 nitrogen and oxygen atoms in total. The second-order valence-corrected chi connectivity index (χ2v) is 9.66. The van der Waals surface area contributed by atoms with E-state index in [-0.39, 0.29) is 0 Å². The minimum Gasteiger partial charge on any atom is -0.508 e. The maximum atomic E-state index is 9.30. The number of allylic oxidation sites excluding steroid dienone is 3. The molecule has 0 spiro atoms. The summed E-state index contributed by atoms with van der Waals surface area (Å²) in [5, 5.41) is 17.9. The average molecular weight is 522 g/mol. The standard InChI is InChI=1S/C14H21NO.C9H10O2S.C6H6O.C2H2/c1-2-13-8-9-15(12-13)10-11-16-14-6-4-3-5-7-14;10-7-2-1-3-8-9(6-7)12-5-4-11-8;7-6-4-2-1-3-5-6;1-2/h3-7,13H,2,8-12H2,1H3;1-2,6,10H,3-5H2;1-5,7H;1-2H. The van der Waals surface area contributed by atoms with Crippen molar-refractivity contribution < 1.29 is 19.7 Å². The Morgan fingerprint density at radius 2 is 1.76 bits per heavy atom. The molecule has 0 radical (unpaired) electrons. The summed E-state index contributed by atoms with van der Waals surface area (Å²) < 4.78 is 11.2. The molecular weight excluding hydrogens is 482 g/mol. The molecule has 3 aliphatic rings. The first kappa shape index (κ1) is 30.0. The Morgan fingerprint density at radius 3 is 2.38 bits per heavy atom. The second kappa shape index (κ2) is 18.0.